The largest absolute Gasteiger partial charge is 0.350 e. The molecule has 156 valence electrons. The second-order valence-corrected chi connectivity index (χ2v) is 7.77. The molecule has 31 heavy (non-hydrogen) atoms. The van der Waals surface area contributed by atoms with Crippen LogP contribution >= 0.6 is 11.6 Å². The number of pyridine rings is 1. The first kappa shape index (κ1) is 20.8. The predicted molar refractivity (Wildman–Crippen MR) is 122 cm³/mol. The number of benzene rings is 2. The van der Waals surface area contributed by atoms with Gasteiger partial charge in [-0.2, -0.15) is 0 Å². The summed E-state index contributed by atoms with van der Waals surface area (Å²) in [6, 6.07) is 17.3. The molecule has 0 saturated heterocycles. The van der Waals surface area contributed by atoms with Crippen LogP contribution in [0, 0.1) is 13.8 Å². The molecule has 0 aliphatic carbocycles. The van der Waals surface area contributed by atoms with Crippen LogP contribution < -0.4 is 5.32 Å². The highest BCUT2D eigenvalue weighted by Crippen LogP contribution is 2.26. The smallest absolute Gasteiger partial charge is 0.274 e. The van der Waals surface area contributed by atoms with Gasteiger partial charge in [0, 0.05) is 29.5 Å². The summed E-state index contributed by atoms with van der Waals surface area (Å²) >= 11 is 5.93. The molecule has 0 radical (unpaired) electrons. The number of halogens is 1. The molecule has 2 aromatic heterocycles. The zero-order valence-corrected chi connectivity index (χ0v) is 18.1. The quantitative estimate of drug-likeness (QED) is 0.485. The van der Waals surface area contributed by atoms with E-state index in [-0.39, 0.29) is 11.6 Å². The van der Waals surface area contributed by atoms with Crippen LogP contribution in [0.5, 0.6) is 0 Å². The third kappa shape index (κ3) is 4.64. The van der Waals surface area contributed by atoms with Crippen molar-refractivity contribution in [2.45, 2.75) is 20.3 Å². The van der Waals surface area contributed by atoms with Crippen LogP contribution in [0.15, 0.2) is 67.0 Å². The maximum Gasteiger partial charge on any atom is 0.274 e. The Balaban J connectivity index is 1.62. The van der Waals surface area contributed by atoms with Gasteiger partial charge >= 0.3 is 0 Å². The number of aryl methyl sites for hydroxylation is 2. The van der Waals surface area contributed by atoms with Gasteiger partial charge in [-0.1, -0.05) is 35.0 Å². The van der Waals surface area contributed by atoms with Gasteiger partial charge in [0.25, 0.3) is 5.91 Å². The van der Waals surface area contributed by atoms with Crippen molar-refractivity contribution in [1.82, 2.24) is 25.3 Å². The highest BCUT2D eigenvalue weighted by atomic mass is 35.5. The highest BCUT2D eigenvalue weighted by Gasteiger charge is 2.22. The van der Waals surface area contributed by atoms with E-state index in [0.29, 0.717) is 23.7 Å². The Morgan fingerprint density at radius 2 is 1.74 bits per heavy atom. The lowest BCUT2D eigenvalue weighted by Crippen LogP contribution is -2.26. The van der Waals surface area contributed by atoms with Crippen molar-refractivity contribution in [2.75, 3.05) is 6.54 Å². The zero-order valence-electron chi connectivity index (χ0n) is 17.3. The van der Waals surface area contributed by atoms with E-state index in [0.717, 1.165) is 22.4 Å². The van der Waals surface area contributed by atoms with Crippen LogP contribution in [0.3, 0.4) is 0 Å². The number of rotatable bonds is 6. The lowest BCUT2D eigenvalue weighted by molar-refractivity contribution is 0.0949. The van der Waals surface area contributed by atoms with E-state index < -0.39 is 0 Å². The van der Waals surface area contributed by atoms with Crippen LogP contribution in [0.4, 0.5) is 0 Å². The molecule has 1 amide bonds. The van der Waals surface area contributed by atoms with Gasteiger partial charge in [0.15, 0.2) is 5.69 Å². The molecule has 6 nitrogen and oxygen atoms in total. The summed E-state index contributed by atoms with van der Waals surface area (Å²) < 4.78 is 1.70. The Kier molecular flexibility index (Phi) is 6.09. The number of hydrogen-bond donors (Lipinski definition) is 1. The summed E-state index contributed by atoms with van der Waals surface area (Å²) in [5, 5.41) is 12.2. The lowest BCUT2D eigenvalue weighted by Gasteiger charge is -2.10. The van der Waals surface area contributed by atoms with Gasteiger partial charge in [-0.25, -0.2) is 4.68 Å². The van der Waals surface area contributed by atoms with Gasteiger partial charge in [0.05, 0.1) is 5.69 Å². The second kappa shape index (κ2) is 9.10. The summed E-state index contributed by atoms with van der Waals surface area (Å²) in [5.41, 5.74) is 6.01. The minimum absolute atomic E-state index is 0.268. The normalized spacial score (nSPS) is 10.8. The van der Waals surface area contributed by atoms with E-state index in [9.17, 15) is 4.79 Å². The first-order valence-electron chi connectivity index (χ1n) is 9.99. The number of aromatic nitrogens is 4. The summed E-state index contributed by atoms with van der Waals surface area (Å²) in [7, 11) is 0. The average molecular weight is 432 g/mol. The third-order valence-corrected chi connectivity index (χ3v) is 5.44. The summed E-state index contributed by atoms with van der Waals surface area (Å²) in [6.45, 7) is 4.59. The number of nitrogens with zero attached hydrogens (tertiary/aromatic N) is 4. The average Bonchev–Trinajstić information content (AvgIpc) is 3.23. The first-order valence-corrected chi connectivity index (χ1v) is 10.4. The fourth-order valence-electron chi connectivity index (χ4n) is 3.30. The number of carbonyl (C=O) groups excluding carboxylic acids is 1. The Morgan fingerprint density at radius 3 is 2.45 bits per heavy atom. The van der Waals surface area contributed by atoms with E-state index in [1.54, 1.807) is 17.1 Å². The first-order chi connectivity index (χ1) is 15.0. The Labute approximate surface area is 185 Å². The molecule has 2 aromatic carbocycles. The van der Waals surface area contributed by atoms with E-state index in [4.69, 9.17) is 11.6 Å². The van der Waals surface area contributed by atoms with Gasteiger partial charge in [-0.05, 0) is 73.4 Å². The van der Waals surface area contributed by atoms with Crippen molar-refractivity contribution in [3.05, 3.63) is 94.4 Å². The summed E-state index contributed by atoms with van der Waals surface area (Å²) in [5.74, 6) is -0.268. The molecule has 0 fully saturated rings. The van der Waals surface area contributed by atoms with Crippen molar-refractivity contribution in [2.24, 2.45) is 0 Å². The van der Waals surface area contributed by atoms with Gasteiger partial charge < -0.3 is 5.32 Å². The third-order valence-electron chi connectivity index (χ3n) is 5.19. The predicted octanol–water partition coefficient (Wildman–Crippen LogP) is 4.57. The molecule has 1 N–H and O–H groups in total. The number of carbonyl (C=O) groups is 1. The standard InChI is InChI=1S/C24H22ClN5O/c1-16-3-8-21(15-17(16)2)30-23(19-10-12-26-13-11-19)22(28-29-30)24(31)27-14-9-18-4-6-20(25)7-5-18/h3-8,10-13,15H,9,14H2,1-2H3,(H,27,31). The molecular weight excluding hydrogens is 410 g/mol. The van der Waals surface area contributed by atoms with Crippen molar-refractivity contribution in [1.29, 1.82) is 0 Å². The minimum Gasteiger partial charge on any atom is -0.350 e. The fourth-order valence-corrected chi connectivity index (χ4v) is 3.42. The number of amides is 1. The lowest BCUT2D eigenvalue weighted by atomic mass is 10.1. The summed E-state index contributed by atoms with van der Waals surface area (Å²) in [4.78, 5) is 17.1. The number of hydrogen-bond acceptors (Lipinski definition) is 4. The molecule has 0 atom stereocenters. The van der Waals surface area contributed by atoms with Gasteiger partial charge in [-0.3, -0.25) is 9.78 Å². The van der Waals surface area contributed by atoms with Crippen molar-refractivity contribution in [3.63, 3.8) is 0 Å². The molecular formula is C24H22ClN5O. The van der Waals surface area contributed by atoms with Crippen LogP contribution in [0.1, 0.15) is 27.2 Å². The Bertz CT molecular complexity index is 1200. The monoisotopic (exact) mass is 431 g/mol. The van der Waals surface area contributed by atoms with Crippen molar-refractivity contribution >= 4 is 17.5 Å². The molecule has 4 rings (SSSR count). The van der Waals surface area contributed by atoms with Crippen LogP contribution in [-0.2, 0) is 6.42 Å². The van der Waals surface area contributed by atoms with Crippen molar-refractivity contribution < 1.29 is 4.79 Å². The van der Waals surface area contributed by atoms with E-state index in [1.165, 1.54) is 5.56 Å². The maximum atomic E-state index is 13.0. The topological polar surface area (TPSA) is 72.7 Å². The second-order valence-electron chi connectivity index (χ2n) is 7.34. The van der Waals surface area contributed by atoms with E-state index in [2.05, 4.69) is 27.5 Å². The fraction of sp³-hybridized carbons (Fsp3) is 0.167. The molecule has 0 unspecified atom stereocenters. The van der Waals surface area contributed by atoms with E-state index in [1.807, 2.05) is 61.5 Å². The molecule has 0 aliphatic heterocycles. The molecule has 0 saturated carbocycles. The molecule has 0 bridgehead atoms. The number of nitrogens with one attached hydrogen (secondary N) is 1. The Morgan fingerprint density at radius 1 is 1.00 bits per heavy atom. The van der Waals surface area contributed by atoms with Crippen LogP contribution in [0.25, 0.3) is 16.9 Å². The minimum atomic E-state index is -0.268. The molecule has 4 aromatic rings. The summed E-state index contributed by atoms with van der Waals surface area (Å²) in [6.07, 6.45) is 4.07. The maximum absolute atomic E-state index is 13.0. The van der Waals surface area contributed by atoms with Gasteiger partial charge in [0.1, 0.15) is 5.69 Å². The van der Waals surface area contributed by atoms with Crippen LogP contribution in [0.2, 0.25) is 5.02 Å². The molecule has 0 spiro atoms. The molecule has 2 heterocycles. The molecule has 0 aliphatic rings. The van der Waals surface area contributed by atoms with E-state index >= 15 is 0 Å². The van der Waals surface area contributed by atoms with Gasteiger partial charge in [-0.15, -0.1) is 5.10 Å². The highest BCUT2D eigenvalue weighted by molar-refractivity contribution is 6.30. The van der Waals surface area contributed by atoms with Crippen molar-refractivity contribution in [3.8, 4) is 16.9 Å². The van der Waals surface area contributed by atoms with Gasteiger partial charge in [0.2, 0.25) is 0 Å². The molecule has 7 heteroatoms. The SMILES string of the molecule is Cc1ccc(-n2nnc(C(=O)NCCc3ccc(Cl)cc3)c2-c2ccncc2)cc1C. The zero-order chi connectivity index (χ0) is 21.8. The van der Waals surface area contributed by atoms with Crippen LogP contribution in [-0.4, -0.2) is 32.4 Å². The Hall–Kier alpha value is -3.51.